The van der Waals surface area contributed by atoms with E-state index >= 15 is 0 Å². The van der Waals surface area contributed by atoms with Gasteiger partial charge < -0.3 is 5.32 Å². The Balaban J connectivity index is 2.50. The molecular formula is C14H25NS. The molecule has 1 heterocycles. The van der Waals surface area contributed by atoms with Gasteiger partial charge in [0.2, 0.25) is 0 Å². The van der Waals surface area contributed by atoms with E-state index in [1.807, 2.05) is 11.3 Å². The molecule has 0 aromatic carbocycles. The van der Waals surface area contributed by atoms with Crippen molar-refractivity contribution in [1.82, 2.24) is 5.32 Å². The Morgan fingerprint density at radius 3 is 2.62 bits per heavy atom. The van der Waals surface area contributed by atoms with Crippen molar-refractivity contribution in [1.29, 1.82) is 0 Å². The third kappa shape index (κ3) is 5.66. The largest absolute Gasteiger partial charge is 0.314 e. The van der Waals surface area contributed by atoms with Crippen molar-refractivity contribution in [2.75, 3.05) is 6.54 Å². The van der Waals surface area contributed by atoms with Crippen LogP contribution >= 0.6 is 11.3 Å². The number of nitrogens with one attached hydrogen (secondary N) is 1. The Morgan fingerprint density at radius 1 is 1.38 bits per heavy atom. The molecule has 0 aliphatic heterocycles. The minimum Gasteiger partial charge on any atom is -0.314 e. The van der Waals surface area contributed by atoms with E-state index in [0.717, 1.165) is 6.54 Å². The van der Waals surface area contributed by atoms with Crippen LogP contribution in [0.2, 0.25) is 0 Å². The van der Waals surface area contributed by atoms with Crippen LogP contribution in [0.25, 0.3) is 0 Å². The molecule has 92 valence electrons. The lowest BCUT2D eigenvalue weighted by Crippen LogP contribution is -2.35. The van der Waals surface area contributed by atoms with Gasteiger partial charge in [-0.15, -0.1) is 11.3 Å². The summed E-state index contributed by atoms with van der Waals surface area (Å²) in [4.78, 5) is 1.50. The van der Waals surface area contributed by atoms with Crippen LogP contribution < -0.4 is 5.32 Å². The zero-order valence-corrected chi connectivity index (χ0v) is 11.9. The van der Waals surface area contributed by atoms with Crippen LogP contribution in [0, 0.1) is 5.41 Å². The summed E-state index contributed by atoms with van der Waals surface area (Å²) in [5.41, 5.74) is 0.405. The molecule has 0 radical (unpaired) electrons. The van der Waals surface area contributed by atoms with E-state index in [1.54, 1.807) is 0 Å². The fourth-order valence-electron chi connectivity index (χ4n) is 1.98. The molecule has 1 N–H and O–H groups in total. The van der Waals surface area contributed by atoms with Gasteiger partial charge in [-0.05, 0) is 42.7 Å². The van der Waals surface area contributed by atoms with E-state index in [9.17, 15) is 0 Å². The van der Waals surface area contributed by atoms with Crippen molar-refractivity contribution in [3.8, 4) is 0 Å². The molecule has 1 aromatic rings. The van der Waals surface area contributed by atoms with Crippen molar-refractivity contribution in [2.24, 2.45) is 5.41 Å². The van der Waals surface area contributed by atoms with E-state index in [4.69, 9.17) is 0 Å². The van der Waals surface area contributed by atoms with Crippen LogP contribution in [0.4, 0.5) is 0 Å². The number of thiophene rings is 1. The Kier molecular flexibility index (Phi) is 5.50. The molecule has 1 aromatic heterocycles. The van der Waals surface area contributed by atoms with Gasteiger partial charge in [0, 0.05) is 10.9 Å². The Hall–Kier alpha value is -0.340. The topological polar surface area (TPSA) is 12.0 Å². The molecule has 0 spiro atoms. The smallest absolute Gasteiger partial charge is 0.0120 e. The van der Waals surface area contributed by atoms with E-state index in [-0.39, 0.29) is 0 Å². The quantitative estimate of drug-likeness (QED) is 0.788. The van der Waals surface area contributed by atoms with Gasteiger partial charge in [0.1, 0.15) is 0 Å². The average Bonchev–Trinajstić information content (AvgIpc) is 2.64. The van der Waals surface area contributed by atoms with E-state index in [0.29, 0.717) is 11.5 Å². The molecule has 1 atom stereocenters. The number of hydrogen-bond donors (Lipinski definition) is 1. The molecular weight excluding hydrogens is 214 g/mol. The Labute approximate surface area is 104 Å². The SMILES string of the molecule is CCCNC(Cc1cccs1)CC(C)(C)C. The molecule has 0 aliphatic carbocycles. The molecule has 1 unspecified atom stereocenters. The second-order valence-electron chi connectivity index (χ2n) is 5.70. The van der Waals surface area contributed by atoms with Gasteiger partial charge >= 0.3 is 0 Å². The van der Waals surface area contributed by atoms with Crippen molar-refractivity contribution >= 4 is 11.3 Å². The molecule has 2 heteroatoms. The molecule has 0 aliphatic rings. The zero-order valence-electron chi connectivity index (χ0n) is 11.0. The fraction of sp³-hybridized carbons (Fsp3) is 0.714. The summed E-state index contributed by atoms with van der Waals surface area (Å²) in [6, 6.07) is 5.01. The molecule has 0 amide bonds. The van der Waals surface area contributed by atoms with E-state index in [2.05, 4.69) is 50.5 Å². The third-order valence-electron chi connectivity index (χ3n) is 2.57. The molecule has 0 saturated heterocycles. The molecule has 1 rings (SSSR count). The van der Waals surface area contributed by atoms with Crippen LogP contribution in [-0.4, -0.2) is 12.6 Å². The predicted molar refractivity (Wildman–Crippen MR) is 74.2 cm³/mol. The molecule has 0 bridgehead atoms. The Morgan fingerprint density at radius 2 is 2.12 bits per heavy atom. The summed E-state index contributed by atoms with van der Waals surface area (Å²) < 4.78 is 0. The highest BCUT2D eigenvalue weighted by Gasteiger charge is 2.18. The van der Waals surface area contributed by atoms with Crippen molar-refractivity contribution in [3.05, 3.63) is 22.4 Å². The van der Waals surface area contributed by atoms with Crippen LogP contribution in [-0.2, 0) is 6.42 Å². The second-order valence-corrected chi connectivity index (χ2v) is 6.73. The van der Waals surface area contributed by atoms with Crippen molar-refractivity contribution < 1.29 is 0 Å². The lowest BCUT2D eigenvalue weighted by atomic mass is 9.86. The van der Waals surface area contributed by atoms with Crippen LogP contribution in [0.15, 0.2) is 17.5 Å². The summed E-state index contributed by atoms with van der Waals surface area (Å²) in [5, 5.41) is 5.84. The maximum Gasteiger partial charge on any atom is 0.0120 e. The Bertz CT molecular complexity index is 271. The first kappa shape index (κ1) is 13.7. The first-order valence-electron chi connectivity index (χ1n) is 6.27. The lowest BCUT2D eigenvalue weighted by molar-refractivity contribution is 0.307. The number of rotatable bonds is 6. The maximum atomic E-state index is 3.67. The van der Waals surface area contributed by atoms with Crippen LogP contribution in [0.3, 0.4) is 0 Å². The predicted octanol–water partition coefficient (Wildman–Crippen LogP) is 4.10. The van der Waals surface area contributed by atoms with Gasteiger partial charge in [0.05, 0.1) is 0 Å². The van der Waals surface area contributed by atoms with Gasteiger partial charge in [-0.3, -0.25) is 0 Å². The lowest BCUT2D eigenvalue weighted by Gasteiger charge is -2.26. The minimum absolute atomic E-state index is 0.405. The summed E-state index contributed by atoms with van der Waals surface area (Å²) in [6.07, 6.45) is 3.63. The van der Waals surface area contributed by atoms with Gasteiger partial charge in [-0.25, -0.2) is 0 Å². The summed E-state index contributed by atoms with van der Waals surface area (Å²) in [6.45, 7) is 10.3. The molecule has 16 heavy (non-hydrogen) atoms. The van der Waals surface area contributed by atoms with Gasteiger partial charge in [0.25, 0.3) is 0 Å². The summed E-state index contributed by atoms with van der Waals surface area (Å²) in [5.74, 6) is 0. The van der Waals surface area contributed by atoms with Gasteiger partial charge in [-0.2, -0.15) is 0 Å². The minimum atomic E-state index is 0.405. The highest BCUT2D eigenvalue weighted by Crippen LogP contribution is 2.23. The van der Waals surface area contributed by atoms with Gasteiger partial charge in [0.15, 0.2) is 0 Å². The van der Waals surface area contributed by atoms with Crippen LogP contribution in [0.1, 0.15) is 45.4 Å². The monoisotopic (exact) mass is 239 g/mol. The third-order valence-corrected chi connectivity index (χ3v) is 3.47. The standard InChI is InChI=1S/C14H25NS/c1-5-8-15-12(11-14(2,3)4)10-13-7-6-9-16-13/h6-7,9,12,15H,5,8,10-11H2,1-4H3. The molecule has 0 saturated carbocycles. The average molecular weight is 239 g/mol. The second kappa shape index (κ2) is 6.41. The van der Waals surface area contributed by atoms with Gasteiger partial charge in [-0.1, -0.05) is 33.8 Å². The van der Waals surface area contributed by atoms with Crippen LogP contribution in [0.5, 0.6) is 0 Å². The summed E-state index contributed by atoms with van der Waals surface area (Å²) in [7, 11) is 0. The van der Waals surface area contributed by atoms with E-state index in [1.165, 1.54) is 24.1 Å². The summed E-state index contributed by atoms with van der Waals surface area (Å²) >= 11 is 1.87. The fourth-order valence-corrected chi connectivity index (χ4v) is 2.76. The first-order chi connectivity index (χ1) is 7.51. The highest BCUT2D eigenvalue weighted by molar-refractivity contribution is 7.09. The van der Waals surface area contributed by atoms with Crippen molar-refractivity contribution in [2.45, 2.75) is 53.0 Å². The van der Waals surface area contributed by atoms with Crippen molar-refractivity contribution in [3.63, 3.8) is 0 Å². The zero-order chi connectivity index (χ0) is 12.0. The number of hydrogen-bond acceptors (Lipinski definition) is 2. The maximum absolute atomic E-state index is 3.67. The normalized spacial score (nSPS) is 14.0. The molecule has 0 fully saturated rings. The molecule has 1 nitrogen and oxygen atoms in total. The van der Waals surface area contributed by atoms with E-state index < -0.39 is 0 Å². The highest BCUT2D eigenvalue weighted by atomic mass is 32.1. The first-order valence-corrected chi connectivity index (χ1v) is 7.15.